The highest BCUT2D eigenvalue weighted by Crippen LogP contribution is 2.39. The molecule has 0 bridgehead atoms. The largest absolute Gasteiger partial charge is 0.423 e. The van der Waals surface area contributed by atoms with Gasteiger partial charge in [-0.2, -0.15) is 5.01 Å². The molecule has 3 aromatic carbocycles. The van der Waals surface area contributed by atoms with Crippen molar-refractivity contribution < 1.29 is 28.7 Å². The predicted molar refractivity (Wildman–Crippen MR) is 146 cm³/mol. The number of esters is 1. The molecule has 8 nitrogen and oxygen atoms in total. The Hall–Kier alpha value is -4.56. The summed E-state index contributed by atoms with van der Waals surface area (Å²) in [7, 11) is 0. The predicted octanol–water partition coefficient (Wildman–Crippen LogP) is 5.00. The minimum absolute atomic E-state index is 0.0572. The van der Waals surface area contributed by atoms with Crippen molar-refractivity contribution in [3.05, 3.63) is 113 Å². The molecule has 3 aromatic rings. The van der Waals surface area contributed by atoms with Gasteiger partial charge < -0.3 is 4.74 Å². The molecule has 1 fully saturated rings. The van der Waals surface area contributed by atoms with Gasteiger partial charge >= 0.3 is 5.97 Å². The van der Waals surface area contributed by atoms with E-state index in [0.29, 0.717) is 12.0 Å². The lowest BCUT2D eigenvalue weighted by Gasteiger charge is -2.30. The maximum absolute atomic E-state index is 13.7. The number of hydrogen-bond donors (Lipinski definition) is 0. The van der Waals surface area contributed by atoms with E-state index in [1.54, 1.807) is 42.5 Å². The van der Waals surface area contributed by atoms with Gasteiger partial charge in [0.2, 0.25) is 0 Å². The maximum Gasteiger partial charge on any atom is 0.343 e. The number of Topliss-reactive ketones (excluding diaryl/α,β-unsaturated/α-hetero) is 1. The number of imide groups is 1. The van der Waals surface area contributed by atoms with Gasteiger partial charge in [-0.25, -0.2) is 9.80 Å². The van der Waals surface area contributed by atoms with Gasteiger partial charge in [0.15, 0.2) is 5.78 Å². The molecule has 0 N–H and O–H groups in total. The third-order valence-electron chi connectivity index (χ3n) is 7.12. The molecule has 1 saturated heterocycles. The van der Waals surface area contributed by atoms with E-state index in [1.165, 1.54) is 36.4 Å². The summed E-state index contributed by atoms with van der Waals surface area (Å²) < 4.78 is 5.37. The first-order chi connectivity index (χ1) is 19.3. The Labute approximate surface area is 235 Å². The Morgan fingerprint density at radius 3 is 2.25 bits per heavy atom. The lowest BCUT2D eigenvalue weighted by Crippen LogP contribution is -2.52. The molecular formula is C31H25ClN2O6. The number of benzene rings is 3. The van der Waals surface area contributed by atoms with Crippen molar-refractivity contribution in [2.75, 3.05) is 6.54 Å². The molecule has 3 amide bonds. The zero-order chi connectivity index (χ0) is 28.4. The number of fused-ring (bicyclic) bond motifs is 1. The molecule has 0 saturated carbocycles. The van der Waals surface area contributed by atoms with Gasteiger partial charge in [-0.15, -0.1) is 0 Å². The summed E-state index contributed by atoms with van der Waals surface area (Å²) in [6.45, 7) is 1.27. The minimum atomic E-state index is -0.742. The van der Waals surface area contributed by atoms with E-state index in [-0.39, 0.29) is 27.8 Å². The van der Waals surface area contributed by atoms with E-state index in [4.69, 9.17) is 16.3 Å². The first-order valence-corrected chi connectivity index (χ1v) is 13.2. The normalized spacial score (nSPS) is 19.8. The molecule has 40 heavy (non-hydrogen) atoms. The summed E-state index contributed by atoms with van der Waals surface area (Å²) in [5.74, 6) is -4.06. The van der Waals surface area contributed by atoms with Crippen LogP contribution in [0.3, 0.4) is 0 Å². The number of carbonyl (C=O) groups is 5. The lowest BCUT2D eigenvalue weighted by molar-refractivity contribution is -0.154. The van der Waals surface area contributed by atoms with Crippen molar-refractivity contribution in [1.82, 2.24) is 10.0 Å². The number of ether oxygens (including phenoxy) is 1. The van der Waals surface area contributed by atoms with Crippen LogP contribution in [0.1, 0.15) is 44.4 Å². The monoisotopic (exact) mass is 556 g/mol. The van der Waals surface area contributed by atoms with Crippen LogP contribution < -0.4 is 4.74 Å². The fraction of sp³-hybridized carbons (Fsp3) is 0.194. The van der Waals surface area contributed by atoms with Crippen LogP contribution in [0.4, 0.5) is 0 Å². The van der Waals surface area contributed by atoms with Crippen LogP contribution in [0.25, 0.3) is 0 Å². The topological polar surface area (TPSA) is 101 Å². The molecule has 5 rings (SSSR count). The van der Waals surface area contributed by atoms with Crippen molar-refractivity contribution in [2.45, 2.75) is 13.3 Å². The van der Waals surface area contributed by atoms with Gasteiger partial charge in [-0.3, -0.25) is 19.2 Å². The first-order valence-electron chi connectivity index (χ1n) is 12.8. The molecule has 1 heterocycles. The number of ketones is 1. The average molecular weight is 557 g/mol. The van der Waals surface area contributed by atoms with Gasteiger partial charge in [-0.1, -0.05) is 61.0 Å². The van der Waals surface area contributed by atoms with E-state index < -0.39 is 47.9 Å². The van der Waals surface area contributed by atoms with Crippen LogP contribution in [-0.2, 0) is 9.59 Å². The van der Waals surface area contributed by atoms with Crippen molar-refractivity contribution in [1.29, 1.82) is 0 Å². The molecule has 0 spiro atoms. The van der Waals surface area contributed by atoms with E-state index in [1.807, 2.05) is 19.1 Å². The zero-order valence-corrected chi connectivity index (χ0v) is 22.3. The number of hydrazine groups is 1. The molecule has 202 valence electrons. The second-order valence-electron chi connectivity index (χ2n) is 9.69. The minimum Gasteiger partial charge on any atom is -0.423 e. The van der Waals surface area contributed by atoms with Crippen LogP contribution in [0, 0.1) is 17.8 Å². The summed E-state index contributed by atoms with van der Waals surface area (Å²) in [5.41, 5.74) is 0.631. The highest BCUT2D eigenvalue weighted by molar-refractivity contribution is 6.34. The van der Waals surface area contributed by atoms with Crippen LogP contribution >= 0.6 is 11.6 Å². The summed E-state index contributed by atoms with van der Waals surface area (Å²) in [6, 6.07) is 20.5. The van der Waals surface area contributed by atoms with E-state index in [2.05, 4.69) is 0 Å². The highest BCUT2D eigenvalue weighted by atomic mass is 35.5. The molecule has 0 unspecified atom stereocenters. The first kappa shape index (κ1) is 27.0. The van der Waals surface area contributed by atoms with Gasteiger partial charge in [0.1, 0.15) is 12.3 Å². The van der Waals surface area contributed by atoms with Crippen molar-refractivity contribution in [2.24, 2.45) is 17.8 Å². The fourth-order valence-corrected chi connectivity index (χ4v) is 5.27. The molecule has 0 aromatic heterocycles. The Morgan fingerprint density at radius 2 is 1.57 bits per heavy atom. The Kier molecular flexibility index (Phi) is 7.62. The average Bonchev–Trinajstić information content (AvgIpc) is 3.22. The van der Waals surface area contributed by atoms with E-state index in [0.717, 1.165) is 10.0 Å². The molecule has 9 heteroatoms. The highest BCUT2D eigenvalue weighted by Gasteiger charge is 2.53. The van der Waals surface area contributed by atoms with Crippen molar-refractivity contribution >= 4 is 41.1 Å². The third kappa shape index (κ3) is 5.18. The summed E-state index contributed by atoms with van der Waals surface area (Å²) in [6.07, 6.45) is 4.12. The van der Waals surface area contributed by atoms with Crippen LogP contribution in [0.2, 0.25) is 5.02 Å². The number of allylic oxidation sites excluding steroid dienone is 2. The maximum atomic E-state index is 13.7. The van der Waals surface area contributed by atoms with Crippen LogP contribution in [0.15, 0.2) is 91.0 Å². The molecule has 0 radical (unpaired) electrons. The van der Waals surface area contributed by atoms with Gasteiger partial charge in [-0.05, 0) is 60.9 Å². The van der Waals surface area contributed by atoms with Gasteiger partial charge in [0.05, 0.1) is 28.0 Å². The quantitative estimate of drug-likeness (QED) is 0.133. The Morgan fingerprint density at radius 1 is 0.900 bits per heavy atom. The second kappa shape index (κ2) is 11.3. The van der Waals surface area contributed by atoms with Gasteiger partial charge in [0, 0.05) is 5.56 Å². The fourth-order valence-electron chi connectivity index (χ4n) is 5.05. The second-order valence-corrected chi connectivity index (χ2v) is 10.1. The number of amides is 3. The zero-order valence-electron chi connectivity index (χ0n) is 21.5. The molecule has 2 aliphatic rings. The van der Waals surface area contributed by atoms with Gasteiger partial charge in [0.25, 0.3) is 17.7 Å². The van der Waals surface area contributed by atoms with Crippen LogP contribution in [0.5, 0.6) is 5.75 Å². The molecule has 3 atom stereocenters. The van der Waals surface area contributed by atoms with E-state index >= 15 is 0 Å². The van der Waals surface area contributed by atoms with Crippen molar-refractivity contribution in [3.8, 4) is 5.75 Å². The Bertz CT molecular complexity index is 1520. The number of hydrogen-bond acceptors (Lipinski definition) is 6. The molecular weight excluding hydrogens is 532 g/mol. The SMILES string of the molecule is C[C@@H]1C=CC[C@H]2C(=O)N(N(CC(=O)c3ccc(OC(=O)c4ccccc4)cc3)C(=O)c3ccccc3Cl)C(=O)[C@@H]12. The molecule has 1 aliphatic heterocycles. The van der Waals surface area contributed by atoms with Crippen LogP contribution in [-0.4, -0.2) is 46.0 Å². The Balaban J connectivity index is 1.40. The number of nitrogens with zero attached hydrogens (tertiary/aromatic N) is 2. The summed E-state index contributed by atoms with van der Waals surface area (Å²) >= 11 is 6.27. The van der Waals surface area contributed by atoms with E-state index in [9.17, 15) is 24.0 Å². The summed E-state index contributed by atoms with van der Waals surface area (Å²) in [4.78, 5) is 66.3. The number of carbonyl (C=O) groups excluding carboxylic acids is 5. The number of halogens is 1. The third-order valence-corrected chi connectivity index (χ3v) is 7.45. The summed E-state index contributed by atoms with van der Waals surface area (Å²) in [5, 5.41) is 1.84. The number of rotatable bonds is 7. The standard InChI is InChI=1S/C31H25ClN2O6/c1-19-8-7-12-24-27(19)30(38)34(29(24)37)33(28(36)23-11-5-6-13-25(23)32)18-26(35)20-14-16-22(17-15-20)40-31(39)21-9-3-2-4-10-21/h2-11,13-17,19,24,27H,12,18H2,1H3/t19-,24-,27+/m1/s1. The van der Waals surface area contributed by atoms with Crippen molar-refractivity contribution in [3.63, 3.8) is 0 Å². The lowest BCUT2D eigenvalue weighted by atomic mass is 9.78. The molecule has 1 aliphatic carbocycles. The smallest absolute Gasteiger partial charge is 0.343 e.